The Hall–Kier alpha value is -0.980. The molecular formula is C13H23N3O2S. The molecule has 108 valence electrons. The predicted octanol–water partition coefficient (Wildman–Crippen LogP) is 1.62. The van der Waals surface area contributed by atoms with Crippen molar-refractivity contribution < 1.29 is 9.90 Å². The number of aromatic nitrogens is 1. The van der Waals surface area contributed by atoms with E-state index < -0.39 is 0 Å². The zero-order chi connectivity index (χ0) is 14.4. The molecule has 1 aromatic heterocycles. The minimum Gasteiger partial charge on any atom is -0.395 e. The highest BCUT2D eigenvalue weighted by molar-refractivity contribution is 7.14. The summed E-state index contributed by atoms with van der Waals surface area (Å²) in [7, 11) is 0. The smallest absolute Gasteiger partial charge is 0.225 e. The number of aliphatic hydroxyl groups is 1. The molecule has 19 heavy (non-hydrogen) atoms. The Balaban J connectivity index is 2.62. The van der Waals surface area contributed by atoms with E-state index in [0.29, 0.717) is 19.0 Å². The highest BCUT2D eigenvalue weighted by Gasteiger charge is 2.15. The molecule has 1 aromatic rings. The van der Waals surface area contributed by atoms with Crippen LogP contribution in [0.25, 0.3) is 0 Å². The van der Waals surface area contributed by atoms with Crippen molar-refractivity contribution in [3.8, 4) is 0 Å². The lowest BCUT2D eigenvalue weighted by Gasteiger charge is -2.19. The molecule has 0 saturated carbocycles. The van der Waals surface area contributed by atoms with Crippen molar-refractivity contribution in [3.05, 3.63) is 11.1 Å². The van der Waals surface area contributed by atoms with Crippen molar-refractivity contribution in [2.24, 2.45) is 5.92 Å². The number of carbonyl (C=O) groups is 1. The van der Waals surface area contributed by atoms with E-state index in [9.17, 15) is 9.90 Å². The number of thiazole rings is 1. The minimum absolute atomic E-state index is 0.00627. The molecule has 1 rings (SSSR count). The molecule has 0 bridgehead atoms. The van der Waals surface area contributed by atoms with Crippen LogP contribution in [0, 0.1) is 5.92 Å². The molecule has 0 aliphatic carbocycles. The molecule has 0 aromatic carbocycles. The Kier molecular flexibility index (Phi) is 6.41. The van der Waals surface area contributed by atoms with Crippen LogP contribution < -0.4 is 10.2 Å². The first-order chi connectivity index (χ1) is 8.99. The van der Waals surface area contributed by atoms with Crippen LogP contribution >= 0.6 is 11.3 Å². The number of aliphatic hydroxyl groups excluding tert-OH is 1. The van der Waals surface area contributed by atoms with E-state index >= 15 is 0 Å². The second-order valence-electron chi connectivity index (χ2n) is 4.80. The zero-order valence-corrected chi connectivity index (χ0v) is 12.8. The Bertz CT molecular complexity index is 406. The third-order valence-electron chi connectivity index (χ3n) is 3.01. The standard InChI is InChI=1S/C13H23N3O2S/c1-5-16(10(4)18)13-15-11(8-19-13)6-14-12(7-17)9(2)3/h8-9,12,14,17H,5-7H2,1-4H3. The third-order valence-corrected chi connectivity index (χ3v) is 3.93. The maximum Gasteiger partial charge on any atom is 0.225 e. The summed E-state index contributed by atoms with van der Waals surface area (Å²) < 4.78 is 0. The average molecular weight is 285 g/mol. The monoisotopic (exact) mass is 285 g/mol. The van der Waals surface area contributed by atoms with E-state index in [4.69, 9.17) is 0 Å². The number of hydrogen-bond acceptors (Lipinski definition) is 5. The van der Waals surface area contributed by atoms with E-state index in [0.717, 1.165) is 10.8 Å². The molecular weight excluding hydrogens is 262 g/mol. The van der Waals surface area contributed by atoms with Gasteiger partial charge in [0.1, 0.15) is 0 Å². The van der Waals surface area contributed by atoms with E-state index in [2.05, 4.69) is 24.1 Å². The van der Waals surface area contributed by atoms with Gasteiger partial charge in [0.25, 0.3) is 0 Å². The fourth-order valence-corrected chi connectivity index (χ4v) is 2.67. The van der Waals surface area contributed by atoms with Crippen LogP contribution in [0.4, 0.5) is 5.13 Å². The van der Waals surface area contributed by atoms with Crippen LogP contribution in [0.2, 0.25) is 0 Å². The first kappa shape index (κ1) is 16.1. The number of amides is 1. The largest absolute Gasteiger partial charge is 0.395 e. The highest BCUT2D eigenvalue weighted by atomic mass is 32.1. The minimum atomic E-state index is 0.00627. The number of carbonyl (C=O) groups excluding carboxylic acids is 1. The second kappa shape index (κ2) is 7.57. The van der Waals surface area contributed by atoms with Crippen LogP contribution in [0.15, 0.2) is 5.38 Å². The Morgan fingerprint density at radius 3 is 2.74 bits per heavy atom. The van der Waals surface area contributed by atoms with Gasteiger partial charge >= 0.3 is 0 Å². The summed E-state index contributed by atoms with van der Waals surface area (Å²) in [6.07, 6.45) is 0. The summed E-state index contributed by atoms with van der Waals surface area (Å²) in [5.41, 5.74) is 0.902. The zero-order valence-electron chi connectivity index (χ0n) is 12.0. The molecule has 0 aliphatic heterocycles. The Labute approximate surface area is 118 Å². The summed E-state index contributed by atoms with van der Waals surface area (Å²) in [5, 5.41) is 15.2. The molecule has 0 saturated heterocycles. The van der Waals surface area contributed by atoms with E-state index in [1.807, 2.05) is 12.3 Å². The van der Waals surface area contributed by atoms with Gasteiger partial charge in [-0.05, 0) is 12.8 Å². The van der Waals surface area contributed by atoms with Gasteiger partial charge in [0.05, 0.1) is 12.3 Å². The third kappa shape index (κ3) is 4.56. The molecule has 5 nitrogen and oxygen atoms in total. The van der Waals surface area contributed by atoms with E-state index in [1.165, 1.54) is 11.3 Å². The van der Waals surface area contributed by atoms with Gasteiger partial charge in [0, 0.05) is 31.4 Å². The lowest BCUT2D eigenvalue weighted by molar-refractivity contribution is -0.116. The van der Waals surface area contributed by atoms with Crippen molar-refractivity contribution in [1.82, 2.24) is 10.3 Å². The molecule has 0 radical (unpaired) electrons. The lowest BCUT2D eigenvalue weighted by Crippen LogP contribution is -2.36. The predicted molar refractivity (Wildman–Crippen MR) is 78.4 cm³/mol. The van der Waals surface area contributed by atoms with Crippen LogP contribution in [0.5, 0.6) is 0 Å². The van der Waals surface area contributed by atoms with Gasteiger partial charge in [-0.2, -0.15) is 0 Å². The number of nitrogens with zero attached hydrogens (tertiary/aromatic N) is 2. The van der Waals surface area contributed by atoms with E-state index in [-0.39, 0.29) is 18.6 Å². The molecule has 0 spiro atoms. The fraction of sp³-hybridized carbons (Fsp3) is 0.692. The van der Waals surface area contributed by atoms with Crippen molar-refractivity contribution in [1.29, 1.82) is 0 Å². The first-order valence-electron chi connectivity index (χ1n) is 6.56. The van der Waals surface area contributed by atoms with Crippen molar-refractivity contribution >= 4 is 22.4 Å². The molecule has 2 N–H and O–H groups in total. The normalized spacial score (nSPS) is 12.7. The maximum absolute atomic E-state index is 11.4. The maximum atomic E-state index is 11.4. The molecule has 1 amide bonds. The number of rotatable bonds is 7. The Morgan fingerprint density at radius 2 is 2.26 bits per heavy atom. The Morgan fingerprint density at radius 1 is 1.58 bits per heavy atom. The van der Waals surface area contributed by atoms with Crippen LogP contribution in [-0.4, -0.2) is 35.2 Å². The molecule has 1 atom stereocenters. The molecule has 0 fully saturated rings. The summed E-state index contributed by atoms with van der Waals surface area (Å²) in [6.45, 7) is 8.95. The lowest BCUT2D eigenvalue weighted by atomic mass is 10.1. The van der Waals surface area contributed by atoms with Crippen LogP contribution in [-0.2, 0) is 11.3 Å². The number of anilines is 1. The van der Waals surface area contributed by atoms with E-state index in [1.54, 1.807) is 11.8 Å². The van der Waals surface area contributed by atoms with Gasteiger partial charge < -0.3 is 10.4 Å². The van der Waals surface area contributed by atoms with Crippen molar-refractivity contribution in [3.63, 3.8) is 0 Å². The fourth-order valence-electron chi connectivity index (χ4n) is 1.74. The van der Waals surface area contributed by atoms with Gasteiger partial charge in [0.2, 0.25) is 5.91 Å². The summed E-state index contributed by atoms with van der Waals surface area (Å²) >= 11 is 1.47. The summed E-state index contributed by atoms with van der Waals surface area (Å²) in [6, 6.07) is 0.0697. The SMILES string of the molecule is CCN(C(C)=O)c1nc(CNC(CO)C(C)C)cs1. The topological polar surface area (TPSA) is 65.5 Å². The summed E-state index contributed by atoms with van der Waals surface area (Å²) in [5.74, 6) is 0.374. The molecule has 1 unspecified atom stereocenters. The van der Waals surface area contributed by atoms with Gasteiger partial charge in [-0.3, -0.25) is 9.69 Å². The summed E-state index contributed by atoms with van der Waals surface area (Å²) in [4.78, 5) is 17.5. The van der Waals surface area contributed by atoms with Crippen LogP contribution in [0.1, 0.15) is 33.4 Å². The molecule has 1 heterocycles. The van der Waals surface area contributed by atoms with Gasteiger partial charge in [-0.15, -0.1) is 11.3 Å². The van der Waals surface area contributed by atoms with Crippen molar-refractivity contribution in [2.75, 3.05) is 18.1 Å². The highest BCUT2D eigenvalue weighted by Crippen LogP contribution is 2.20. The number of nitrogens with one attached hydrogen (secondary N) is 1. The van der Waals surface area contributed by atoms with Crippen LogP contribution in [0.3, 0.4) is 0 Å². The average Bonchev–Trinajstić information content (AvgIpc) is 2.78. The van der Waals surface area contributed by atoms with Gasteiger partial charge in [-0.25, -0.2) is 4.98 Å². The van der Waals surface area contributed by atoms with Gasteiger partial charge in [-0.1, -0.05) is 13.8 Å². The quantitative estimate of drug-likeness (QED) is 0.799. The van der Waals surface area contributed by atoms with Gasteiger partial charge in [0.15, 0.2) is 5.13 Å². The second-order valence-corrected chi connectivity index (χ2v) is 5.64. The van der Waals surface area contributed by atoms with Crippen molar-refractivity contribution in [2.45, 2.75) is 40.3 Å². The molecule has 6 heteroatoms. The molecule has 0 aliphatic rings. The number of hydrogen-bond donors (Lipinski definition) is 2. The first-order valence-corrected chi connectivity index (χ1v) is 7.44.